The lowest BCUT2D eigenvalue weighted by Gasteiger charge is -2.41. The number of hydrogen-bond donors (Lipinski definition) is 2. The van der Waals surface area contributed by atoms with Crippen molar-refractivity contribution in [2.75, 3.05) is 32.9 Å². The Bertz CT molecular complexity index is 363. The molecule has 3 rings (SSSR count). The third-order valence-electron chi connectivity index (χ3n) is 5.98. The van der Waals surface area contributed by atoms with Crippen LogP contribution in [-0.4, -0.2) is 51.1 Å². The average molecular weight is 325 g/mol. The second-order valence-electron chi connectivity index (χ2n) is 8.80. The van der Waals surface area contributed by atoms with E-state index >= 15 is 0 Å². The predicted molar refractivity (Wildman–Crippen MR) is 93.7 cm³/mol. The zero-order chi connectivity index (χ0) is 16.3. The molecule has 2 aliphatic heterocycles. The van der Waals surface area contributed by atoms with Crippen LogP contribution >= 0.6 is 0 Å². The van der Waals surface area contributed by atoms with Crippen LogP contribution in [0, 0.1) is 17.3 Å². The quantitative estimate of drug-likeness (QED) is 0.834. The molecule has 0 bridgehead atoms. The molecule has 3 fully saturated rings. The summed E-state index contributed by atoms with van der Waals surface area (Å²) in [5, 5.41) is 7.60. The van der Waals surface area contributed by atoms with Gasteiger partial charge in [-0.25, -0.2) is 0 Å². The normalized spacial score (nSPS) is 39.5. The standard InChI is InChI=1S/C19H36N2O2/c1-19(2,3)18-14(6-5-10-23-18)12-21-16-8-4-7-15(16)17-13-22-11-9-20-17/h14-18,20-21H,4-13H2,1-3H3. The first-order valence-corrected chi connectivity index (χ1v) is 9.72. The molecule has 0 amide bonds. The molecule has 0 spiro atoms. The highest BCUT2D eigenvalue weighted by molar-refractivity contribution is 4.93. The third kappa shape index (κ3) is 4.47. The van der Waals surface area contributed by atoms with Gasteiger partial charge in [-0.05, 0) is 42.9 Å². The van der Waals surface area contributed by atoms with E-state index in [1.54, 1.807) is 0 Å². The fourth-order valence-electron chi connectivity index (χ4n) is 4.90. The molecule has 2 saturated heterocycles. The van der Waals surface area contributed by atoms with E-state index in [2.05, 4.69) is 31.4 Å². The number of ether oxygens (including phenoxy) is 2. The lowest BCUT2D eigenvalue weighted by atomic mass is 9.78. The van der Waals surface area contributed by atoms with Crippen molar-refractivity contribution in [3.8, 4) is 0 Å². The second-order valence-corrected chi connectivity index (χ2v) is 8.80. The molecule has 23 heavy (non-hydrogen) atoms. The van der Waals surface area contributed by atoms with Gasteiger partial charge in [0, 0.05) is 31.8 Å². The van der Waals surface area contributed by atoms with Crippen LogP contribution in [0.1, 0.15) is 52.9 Å². The molecule has 2 heterocycles. The highest BCUT2D eigenvalue weighted by Gasteiger charge is 2.38. The molecule has 4 nitrogen and oxygen atoms in total. The maximum atomic E-state index is 6.14. The Morgan fingerprint density at radius 1 is 1.09 bits per heavy atom. The van der Waals surface area contributed by atoms with Gasteiger partial charge in [-0.3, -0.25) is 0 Å². The summed E-state index contributed by atoms with van der Waals surface area (Å²) in [5.41, 5.74) is 0.237. The molecular formula is C19H36N2O2. The monoisotopic (exact) mass is 324 g/mol. The maximum Gasteiger partial charge on any atom is 0.0663 e. The van der Waals surface area contributed by atoms with Crippen molar-refractivity contribution in [1.82, 2.24) is 10.6 Å². The zero-order valence-corrected chi connectivity index (χ0v) is 15.3. The van der Waals surface area contributed by atoms with E-state index in [1.165, 1.54) is 32.1 Å². The van der Waals surface area contributed by atoms with Crippen molar-refractivity contribution in [1.29, 1.82) is 0 Å². The summed E-state index contributed by atoms with van der Waals surface area (Å²) in [7, 11) is 0. The van der Waals surface area contributed by atoms with Crippen LogP contribution in [0.3, 0.4) is 0 Å². The molecule has 1 aliphatic carbocycles. The van der Waals surface area contributed by atoms with Crippen molar-refractivity contribution in [3.05, 3.63) is 0 Å². The number of morpholine rings is 1. The lowest BCUT2D eigenvalue weighted by Crippen LogP contribution is -2.52. The number of nitrogens with one attached hydrogen (secondary N) is 2. The van der Waals surface area contributed by atoms with Gasteiger partial charge in [0.05, 0.1) is 19.3 Å². The lowest BCUT2D eigenvalue weighted by molar-refractivity contribution is -0.0853. The van der Waals surface area contributed by atoms with Crippen molar-refractivity contribution >= 4 is 0 Å². The van der Waals surface area contributed by atoms with E-state index in [0.29, 0.717) is 24.1 Å². The molecule has 2 N–H and O–H groups in total. The van der Waals surface area contributed by atoms with Gasteiger partial charge in [-0.15, -0.1) is 0 Å². The smallest absolute Gasteiger partial charge is 0.0663 e. The highest BCUT2D eigenvalue weighted by Crippen LogP contribution is 2.35. The minimum absolute atomic E-state index is 0.237. The SMILES string of the molecule is CC(C)(C)C1OCCCC1CNC1CCCC1C1COCCN1. The van der Waals surface area contributed by atoms with Crippen LogP contribution in [0.25, 0.3) is 0 Å². The van der Waals surface area contributed by atoms with Crippen molar-refractivity contribution in [2.45, 2.75) is 71.1 Å². The molecule has 5 unspecified atom stereocenters. The molecule has 0 aromatic rings. The number of rotatable bonds is 4. The van der Waals surface area contributed by atoms with Crippen LogP contribution in [0.4, 0.5) is 0 Å². The Kier molecular flexibility index (Phi) is 6.00. The first-order valence-electron chi connectivity index (χ1n) is 9.72. The van der Waals surface area contributed by atoms with Gasteiger partial charge in [0.15, 0.2) is 0 Å². The maximum absolute atomic E-state index is 6.14. The first-order chi connectivity index (χ1) is 11.1. The number of hydrogen-bond acceptors (Lipinski definition) is 4. The zero-order valence-electron chi connectivity index (χ0n) is 15.3. The summed E-state index contributed by atoms with van der Waals surface area (Å²) in [5.74, 6) is 1.38. The van der Waals surface area contributed by atoms with Gasteiger partial charge < -0.3 is 20.1 Å². The minimum Gasteiger partial charge on any atom is -0.379 e. The van der Waals surface area contributed by atoms with Gasteiger partial charge in [0.2, 0.25) is 0 Å². The Morgan fingerprint density at radius 3 is 2.70 bits per heavy atom. The third-order valence-corrected chi connectivity index (χ3v) is 5.98. The summed E-state index contributed by atoms with van der Waals surface area (Å²) < 4.78 is 11.8. The van der Waals surface area contributed by atoms with Crippen molar-refractivity contribution in [2.24, 2.45) is 17.3 Å². The predicted octanol–water partition coefficient (Wildman–Crippen LogP) is 2.57. The van der Waals surface area contributed by atoms with Crippen LogP contribution in [0.2, 0.25) is 0 Å². The Balaban J connectivity index is 1.53. The van der Waals surface area contributed by atoms with Crippen LogP contribution in [0.5, 0.6) is 0 Å². The fourth-order valence-corrected chi connectivity index (χ4v) is 4.90. The summed E-state index contributed by atoms with van der Waals surface area (Å²) in [6.07, 6.45) is 6.91. The largest absolute Gasteiger partial charge is 0.379 e. The van der Waals surface area contributed by atoms with Gasteiger partial charge in [-0.2, -0.15) is 0 Å². The van der Waals surface area contributed by atoms with E-state index in [1.807, 2.05) is 0 Å². The van der Waals surface area contributed by atoms with Gasteiger partial charge in [0.1, 0.15) is 0 Å². The molecule has 1 saturated carbocycles. The fraction of sp³-hybridized carbons (Fsp3) is 1.00. The second kappa shape index (κ2) is 7.81. The van der Waals surface area contributed by atoms with Crippen LogP contribution in [-0.2, 0) is 9.47 Å². The Hall–Kier alpha value is -0.160. The molecule has 0 radical (unpaired) electrons. The molecular weight excluding hydrogens is 288 g/mol. The average Bonchev–Trinajstić information content (AvgIpc) is 3.02. The molecule has 4 heteroatoms. The molecule has 3 aliphatic rings. The topological polar surface area (TPSA) is 42.5 Å². The summed E-state index contributed by atoms with van der Waals surface area (Å²) in [4.78, 5) is 0. The van der Waals surface area contributed by atoms with Gasteiger partial charge in [0.25, 0.3) is 0 Å². The van der Waals surface area contributed by atoms with E-state index in [9.17, 15) is 0 Å². The van der Waals surface area contributed by atoms with Crippen molar-refractivity contribution in [3.63, 3.8) is 0 Å². The highest BCUT2D eigenvalue weighted by atomic mass is 16.5. The Morgan fingerprint density at radius 2 is 1.96 bits per heavy atom. The molecule has 0 aromatic carbocycles. The van der Waals surface area contributed by atoms with E-state index in [0.717, 1.165) is 38.8 Å². The van der Waals surface area contributed by atoms with Crippen LogP contribution < -0.4 is 10.6 Å². The van der Waals surface area contributed by atoms with E-state index < -0.39 is 0 Å². The van der Waals surface area contributed by atoms with E-state index in [4.69, 9.17) is 9.47 Å². The van der Waals surface area contributed by atoms with E-state index in [-0.39, 0.29) is 5.41 Å². The van der Waals surface area contributed by atoms with Crippen molar-refractivity contribution < 1.29 is 9.47 Å². The molecule has 134 valence electrons. The molecule has 0 aromatic heterocycles. The van der Waals surface area contributed by atoms with Gasteiger partial charge in [-0.1, -0.05) is 27.2 Å². The van der Waals surface area contributed by atoms with Crippen LogP contribution in [0.15, 0.2) is 0 Å². The van der Waals surface area contributed by atoms with Gasteiger partial charge >= 0.3 is 0 Å². The summed E-state index contributed by atoms with van der Waals surface area (Å²) >= 11 is 0. The first kappa shape index (κ1) is 17.7. The summed E-state index contributed by atoms with van der Waals surface area (Å²) in [6.45, 7) is 11.8. The molecule has 5 atom stereocenters. The Labute approximate surface area is 142 Å². The summed E-state index contributed by atoms with van der Waals surface area (Å²) in [6, 6.07) is 1.20. The minimum atomic E-state index is 0.237.